The molecule has 8 heteroatoms. The highest BCUT2D eigenvalue weighted by atomic mass is 35.5. The molecule has 4 rings (SSSR count). The Balaban J connectivity index is 0.00000181. The van der Waals surface area contributed by atoms with Crippen LogP contribution in [0.5, 0.6) is 0 Å². The molecule has 0 N–H and O–H groups in total. The third kappa shape index (κ3) is 6.80. The second kappa shape index (κ2) is 12.4. The average Bonchev–Trinajstić information content (AvgIpc) is 2.79. The average molecular weight is 486 g/mol. The van der Waals surface area contributed by atoms with Crippen LogP contribution in [0.25, 0.3) is 0 Å². The van der Waals surface area contributed by atoms with Crippen molar-refractivity contribution in [2.75, 3.05) is 50.7 Å². The molecule has 2 aromatic carbocycles. The fourth-order valence-electron chi connectivity index (χ4n) is 4.45. The predicted octanol–water partition coefficient (Wildman–Crippen LogP) is 4.87. The maximum absolute atomic E-state index is 13.1. The van der Waals surface area contributed by atoms with Gasteiger partial charge in [-0.2, -0.15) is 0 Å². The predicted molar refractivity (Wildman–Crippen MR) is 129 cm³/mol. The molecule has 0 saturated carbocycles. The van der Waals surface area contributed by atoms with E-state index >= 15 is 0 Å². The van der Waals surface area contributed by atoms with E-state index in [0.717, 1.165) is 70.8 Å². The van der Waals surface area contributed by atoms with E-state index in [1.165, 1.54) is 24.3 Å². The first kappa shape index (κ1) is 26.4. The number of halogens is 4. The molecular weight excluding hydrogens is 455 g/mol. The number of likely N-dealkylation sites (tertiary alicyclic amines) is 1. The molecule has 0 aliphatic carbocycles. The van der Waals surface area contributed by atoms with E-state index in [-0.39, 0.29) is 42.4 Å². The van der Waals surface area contributed by atoms with Gasteiger partial charge in [-0.05, 0) is 80.3 Å². The van der Waals surface area contributed by atoms with Gasteiger partial charge in [0.25, 0.3) is 5.91 Å². The number of piperazine rings is 1. The molecule has 0 atom stereocenters. The quantitative estimate of drug-likeness (QED) is 0.604. The second-order valence-corrected chi connectivity index (χ2v) is 8.34. The van der Waals surface area contributed by atoms with Crippen LogP contribution in [0.4, 0.5) is 14.5 Å². The zero-order valence-corrected chi connectivity index (χ0v) is 19.7. The smallest absolute Gasteiger partial charge is 0.253 e. The number of carbonyl (C=O) groups excluding carboxylic acids is 1. The SMILES string of the molecule is Cl.Cl.O=C(c1ccc(F)cc1)N1CCC(CCN2CCN(c3ccc(F)cc3)CC2)CC1. The molecule has 0 spiro atoms. The first-order valence-corrected chi connectivity index (χ1v) is 10.9. The van der Waals surface area contributed by atoms with Crippen molar-refractivity contribution in [1.82, 2.24) is 9.80 Å². The zero-order chi connectivity index (χ0) is 20.9. The molecule has 32 heavy (non-hydrogen) atoms. The van der Waals surface area contributed by atoms with Gasteiger partial charge in [0.2, 0.25) is 0 Å². The summed E-state index contributed by atoms with van der Waals surface area (Å²) < 4.78 is 26.2. The first-order valence-electron chi connectivity index (χ1n) is 10.9. The van der Waals surface area contributed by atoms with Gasteiger partial charge in [0, 0.05) is 50.5 Å². The number of benzene rings is 2. The summed E-state index contributed by atoms with van der Waals surface area (Å²) in [5, 5.41) is 0. The van der Waals surface area contributed by atoms with Crippen molar-refractivity contribution in [2.24, 2.45) is 5.92 Å². The van der Waals surface area contributed by atoms with E-state index in [9.17, 15) is 13.6 Å². The molecule has 4 nitrogen and oxygen atoms in total. The molecular formula is C24H31Cl2F2N3O. The molecule has 0 bridgehead atoms. The summed E-state index contributed by atoms with van der Waals surface area (Å²) in [6.07, 6.45) is 3.22. The lowest BCUT2D eigenvalue weighted by molar-refractivity contribution is 0.0680. The highest BCUT2D eigenvalue weighted by molar-refractivity contribution is 5.94. The van der Waals surface area contributed by atoms with Gasteiger partial charge in [0.15, 0.2) is 0 Å². The minimum atomic E-state index is -0.316. The van der Waals surface area contributed by atoms with E-state index < -0.39 is 0 Å². The Bertz CT molecular complexity index is 835. The standard InChI is InChI=1S/C24H29F2N3O.2ClH/c25-21-3-1-20(2-4-21)24(30)29-13-10-19(11-14-29)9-12-27-15-17-28(18-16-27)23-7-5-22(26)6-8-23;;/h1-8,19H,9-18H2;2*1H. The van der Waals surface area contributed by atoms with Crippen LogP contribution < -0.4 is 4.90 Å². The Morgan fingerprint density at radius 3 is 1.88 bits per heavy atom. The molecule has 0 radical (unpaired) electrons. The fraction of sp³-hybridized carbons (Fsp3) is 0.458. The summed E-state index contributed by atoms with van der Waals surface area (Å²) in [7, 11) is 0. The van der Waals surface area contributed by atoms with Crippen LogP contribution in [0.3, 0.4) is 0 Å². The normalized spacial score (nSPS) is 17.4. The fourth-order valence-corrected chi connectivity index (χ4v) is 4.45. The second-order valence-electron chi connectivity index (χ2n) is 8.34. The van der Waals surface area contributed by atoms with Gasteiger partial charge in [-0.1, -0.05) is 0 Å². The topological polar surface area (TPSA) is 26.8 Å². The van der Waals surface area contributed by atoms with E-state index in [4.69, 9.17) is 0 Å². The number of hydrogen-bond donors (Lipinski definition) is 0. The number of carbonyl (C=O) groups is 1. The van der Waals surface area contributed by atoms with Gasteiger partial charge in [0.1, 0.15) is 11.6 Å². The summed E-state index contributed by atoms with van der Waals surface area (Å²) in [6.45, 7) is 6.64. The van der Waals surface area contributed by atoms with E-state index in [1.54, 1.807) is 12.1 Å². The van der Waals surface area contributed by atoms with Crippen molar-refractivity contribution < 1.29 is 13.6 Å². The van der Waals surface area contributed by atoms with Crippen molar-refractivity contribution in [3.63, 3.8) is 0 Å². The van der Waals surface area contributed by atoms with Crippen LogP contribution in [-0.2, 0) is 0 Å². The van der Waals surface area contributed by atoms with Crippen LogP contribution in [0.2, 0.25) is 0 Å². The molecule has 176 valence electrons. The maximum Gasteiger partial charge on any atom is 0.253 e. The highest BCUT2D eigenvalue weighted by Gasteiger charge is 2.25. The van der Waals surface area contributed by atoms with Crippen molar-refractivity contribution in [1.29, 1.82) is 0 Å². The lowest BCUT2D eigenvalue weighted by atomic mass is 9.93. The van der Waals surface area contributed by atoms with Crippen molar-refractivity contribution in [3.8, 4) is 0 Å². The molecule has 2 aromatic rings. The van der Waals surface area contributed by atoms with E-state index in [0.29, 0.717) is 11.5 Å². The lowest BCUT2D eigenvalue weighted by Crippen LogP contribution is -2.47. The van der Waals surface area contributed by atoms with Gasteiger partial charge in [-0.25, -0.2) is 8.78 Å². The summed E-state index contributed by atoms with van der Waals surface area (Å²) in [4.78, 5) is 19.3. The van der Waals surface area contributed by atoms with Crippen LogP contribution in [0, 0.1) is 17.6 Å². The van der Waals surface area contributed by atoms with Crippen molar-refractivity contribution in [2.45, 2.75) is 19.3 Å². The maximum atomic E-state index is 13.1. The molecule has 1 amide bonds. The summed E-state index contributed by atoms with van der Waals surface area (Å²) in [6, 6.07) is 12.6. The van der Waals surface area contributed by atoms with Crippen LogP contribution in [0.1, 0.15) is 29.6 Å². The zero-order valence-electron chi connectivity index (χ0n) is 18.1. The lowest BCUT2D eigenvalue weighted by Gasteiger charge is -2.37. The van der Waals surface area contributed by atoms with E-state index in [1.807, 2.05) is 17.0 Å². The van der Waals surface area contributed by atoms with Gasteiger partial charge in [-0.15, -0.1) is 24.8 Å². The Kier molecular flexibility index (Phi) is 10.2. The van der Waals surface area contributed by atoms with Crippen LogP contribution in [-0.4, -0.2) is 61.5 Å². The molecule has 2 fully saturated rings. The molecule has 2 aliphatic heterocycles. The molecule has 2 aliphatic rings. The summed E-state index contributed by atoms with van der Waals surface area (Å²) in [5.74, 6) is 0.148. The minimum Gasteiger partial charge on any atom is -0.369 e. The Morgan fingerprint density at radius 2 is 1.31 bits per heavy atom. The number of amides is 1. The van der Waals surface area contributed by atoms with Crippen molar-refractivity contribution in [3.05, 3.63) is 65.7 Å². The Labute approximate surface area is 201 Å². The molecule has 0 unspecified atom stereocenters. The minimum absolute atomic E-state index is 0. The number of nitrogens with zero attached hydrogens (tertiary/aromatic N) is 3. The Morgan fingerprint density at radius 1 is 0.781 bits per heavy atom. The molecule has 0 aromatic heterocycles. The molecule has 2 saturated heterocycles. The van der Waals surface area contributed by atoms with Gasteiger partial charge in [-0.3, -0.25) is 9.69 Å². The number of anilines is 1. The van der Waals surface area contributed by atoms with Crippen molar-refractivity contribution >= 4 is 36.4 Å². The highest BCUT2D eigenvalue weighted by Crippen LogP contribution is 2.23. The third-order valence-corrected chi connectivity index (χ3v) is 6.41. The van der Waals surface area contributed by atoms with E-state index in [2.05, 4.69) is 9.80 Å². The molecule has 2 heterocycles. The van der Waals surface area contributed by atoms with Crippen LogP contribution >= 0.6 is 24.8 Å². The first-order chi connectivity index (χ1) is 14.6. The summed E-state index contributed by atoms with van der Waals surface area (Å²) >= 11 is 0. The van der Waals surface area contributed by atoms with Gasteiger partial charge >= 0.3 is 0 Å². The van der Waals surface area contributed by atoms with Gasteiger partial charge in [0.05, 0.1) is 0 Å². The number of rotatable bonds is 5. The third-order valence-electron chi connectivity index (χ3n) is 6.41. The monoisotopic (exact) mass is 485 g/mol. The summed E-state index contributed by atoms with van der Waals surface area (Å²) in [5.41, 5.74) is 1.66. The number of piperidine rings is 1. The Hall–Kier alpha value is -1.89. The largest absolute Gasteiger partial charge is 0.369 e. The van der Waals surface area contributed by atoms with Crippen LogP contribution in [0.15, 0.2) is 48.5 Å². The number of hydrogen-bond acceptors (Lipinski definition) is 3. The van der Waals surface area contributed by atoms with Gasteiger partial charge < -0.3 is 9.80 Å².